The zero-order chi connectivity index (χ0) is 23.6. The number of nitrogens with one attached hydrogen (secondary N) is 2. The molecule has 0 heterocycles. The van der Waals surface area contributed by atoms with Gasteiger partial charge in [-0.05, 0) is 59.7 Å². The van der Waals surface area contributed by atoms with Gasteiger partial charge < -0.3 is 19.5 Å². The third kappa shape index (κ3) is 6.98. The monoisotopic (exact) mass is 467 g/mol. The molecule has 0 spiro atoms. The number of anilines is 1. The van der Waals surface area contributed by atoms with Gasteiger partial charge in [0.1, 0.15) is 23.9 Å². The minimum atomic E-state index is -0.933. The molecule has 0 aromatic heterocycles. The first-order valence-electron chi connectivity index (χ1n) is 9.82. The zero-order valence-electron chi connectivity index (χ0n) is 18.0. The second-order valence-corrected chi connectivity index (χ2v) is 7.14. The van der Waals surface area contributed by atoms with E-state index in [1.807, 2.05) is 18.2 Å². The van der Waals surface area contributed by atoms with E-state index in [1.165, 1.54) is 20.4 Å². The Labute approximate surface area is 196 Å². The number of rotatable bonds is 8. The maximum atomic E-state index is 12.2. The number of nitrogens with zero attached hydrogens (tertiary/aromatic N) is 1. The Bertz CT molecular complexity index is 1150. The summed E-state index contributed by atoms with van der Waals surface area (Å²) in [6.45, 7) is 0.386. The molecule has 0 aliphatic heterocycles. The van der Waals surface area contributed by atoms with Crippen LogP contribution in [0.4, 0.5) is 5.69 Å². The molecule has 33 heavy (non-hydrogen) atoms. The largest absolute Gasteiger partial charge is 0.497 e. The van der Waals surface area contributed by atoms with Gasteiger partial charge in [0.05, 0.1) is 26.1 Å². The molecular weight excluding hydrogens is 446 g/mol. The van der Waals surface area contributed by atoms with Crippen molar-refractivity contribution in [3.63, 3.8) is 0 Å². The van der Waals surface area contributed by atoms with Gasteiger partial charge in [-0.15, -0.1) is 0 Å². The topological polar surface area (TPSA) is 98.2 Å². The van der Waals surface area contributed by atoms with Gasteiger partial charge in [-0.25, -0.2) is 5.43 Å². The minimum absolute atomic E-state index is 0.300. The van der Waals surface area contributed by atoms with E-state index in [-0.39, 0.29) is 0 Å². The molecule has 2 N–H and O–H groups in total. The molecule has 3 rings (SSSR count). The number of carbonyl (C=O) groups is 2. The number of hydrogen-bond donors (Lipinski definition) is 2. The molecule has 0 bridgehead atoms. The lowest BCUT2D eigenvalue weighted by molar-refractivity contribution is -0.136. The third-order valence-corrected chi connectivity index (χ3v) is 4.65. The normalized spacial score (nSPS) is 10.5. The fourth-order valence-electron chi connectivity index (χ4n) is 2.75. The van der Waals surface area contributed by atoms with Crippen molar-refractivity contribution in [2.24, 2.45) is 5.10 Å². The molecule has 9 heteroatoms. The van der Waals surface area contributed by atoms with Gasteiger partial charge in [0, 0.05) is 11.1 Å². The lowest BCUT2D eigenvalue weighted by atomic mass is 10.2. The first-order chi connectivity index (χ1) is 16.0. The highest BCUT2D eigenvalue weighted by atomic mass is 35.5. The van der Waals surface area contributed by atoms with E-state index < -0.39 is 11.8 Å². The third-order valence-electron chi connectivity index (χ3n) is 4.42. The predicted octanol–water partition coefficient (Wildman–Crippen LogP) is 4.03. The van der Waals surface area contributed by atoms with Crippen LogP contribution in [-0.2, 0) is 16.2 Å². The van der Waals surface area contributed by atoms with Gasteiger partial charge in [-0.2, -0.15) is 5.10 Å². The molecule has 0 radical (unpaired) electrons. The van der Waals surface area contributed by atoms with Crippen molar-refractivity contribution in [1.29, 1.82) is 0 Å². The standard InChI is InChI=1S/C24H22ClN3O5/c1-31-20-10-11-22(32-2)21(13-20)27-23(29)24(30)28-26-14-16-6-8-19(9-7-16)33-15-17-4-3-5-18(25)12-17/h3-14H,15H2,1-2H3,(H,27,29)(H,28,30)/b26-14+. The van der Waals surface area contributed by atoms with E-state index in [2.05, 4.69) is 15.8 Å². The molecule has 0 aliphatic rings. The summed E-state index contributed by atoms with van der Waals surface area (Å²) in [5, 5.41) is 6.94. The van der Waals surface area contributed by atoms with E-state index in [0.29, 0.717) is 40.1 Å². The first-order valence-corrected chi connectivity index (χ1v) is 10.2. The predicted molar refractivity (Wildman–Crippen MR) is 126 cm³/mol. The van der Waals surface area contributed by atoms with Gasteiger partial charge >= 0.3 is 11.8 Å². The molecule has 0 aliphatic carbocycles. The molecule has 3 aromatic rings. The molecule has 0 saturated carbocycles. The Balaban J connectivity index is 1.51. The van der Waals surface area contributed by atoms with E-state index in [9.17, 15) is 9.59 Å². The van der Waals surface area contributed by atoms with Crippen molar-refractivity contribution in [2.75, 3.05) is 19.5 Å². The Hall–Kier alpha value is -4.04. The maximum Gasteiger partial charge on any atom is 0.329 e. The van der Waals surface area contributed by atoms with Crippen LogP contribution in [0, 0.1) is 0 Å². The second-order valence-electron chi connectivity index (χ2n) is 6.71. The van der Waals surface area contributed by atoms with Crippen LogP contribution in [0.5, 0.6) is 17.2 Å². The van der Waals surface area contributed by atoms with Gasteiger partial charge in [0.15, 0.2) is 0 Å². The molecule has 2 amide bonds. The number of amides is 2. The summed E-state index contributed by atoms with van der Waals surface area (Å²) in [6.07, 6.45) is 1.41. The lowest BCUT2D eigenvalue weighted by Crippen LogP contribution is -2.32. The van der Waals surface area contributed by atoms with Crippen LogP contribution in [0.2, 0.25) is 5.02 Å². The van der Waals surface area contributed by atoms with Gasteiger partial charge in [-0.1, -0.05) is 23.7 Å². The number of methoxy groups -OCH3 is 2. The lowest BCUT2D eigenvalue weighted by Gasteiger charge is -2.11. The fourth-order valence-corrected chi connectivity index (χ4v) is 2.96. The SMILES string of the molecule is COc1ccc(OC)c(NC(=O)C(=O)N/N=C/c2ccc(OCc3cccc(Cl)c3)cc2)c1. The van der Waals surface area contributed by atoms with Crippen LogP contribution >= 0.6 is 11.6 Å². The number of hydrogen-bond acceptors (Lipinski definition) is 6. The van der Waals surface area contributed by atoms with E-state index >= 15 is 0 Å². The van der Waals surface area contributed by atoms with Crippen molar-refractivity contribution >= 4 is 35.3 Å². The van der Waals surface area contributed by atoms with Gasteiger partial charge in [0.25, 0.3) is 0 Å². The summed E-state index contributed by atoms with van der Waals surface area (Å²) in [4.78, 5) is 24.2. The summed E-state index contributed by atoms with van der Waals surface area (Å²) in [5.74, 6) is -0.272. The molecule has 8 nitrogen and oxygen atoms in total. The quantitative estimate of drug-likeness (QED) is 0.296. The first kappa shape index (κ1) is 23.6. The highest BCUT2D eigenvalue weighted by Crippen LogP contribution is 2.28. The molecule has 0 atom stereocenters. The van der Waals surface area contributed by atoms with Gasteiger partial charge in [-0.3, -0.25) is 9.59 Å². The second kappa shape index (κ2) is 11.5. The van der Waals surface area contributed by atoms with Crippen LogP contribution in [0.1, 0.15) is 11.1 Å². The van der Waals surface area contributed by atoms with Crippen LogP contribution in [-0.4, -0.2) is 32.2 Å². The van der Waals surface area contributed by atoms with Crippen LogP contribution in [0.15, 0.2) is 71.8 Å². The van der Waals surface area contributed by atoms with Crippen molar-refractivity contribution in [3.8, 4) is 17.2 Å². The number of hydrazone groups is 1. The van der Waals surface area contributed by atoms with Gasteiger partial charge in [0.2, 0.25) is 0 Å². The molecular formula is C24H22ClN3O5. The van der Waals surface area contributed by atoms with Crippen LogP contribution in [0.3, 0.4) is 0 Å². The molecule has 3 aromatic carbocycles. The highest BCUT2D eigenvalue weighted by molar-refractivity contribution is 6.39. The summed E-state index contributed by atoms with van der Waals surface area (Å²) in [7, 11) is 2.95. The number of carbonyl (C=O) groups excluding carboxylic acids is 2. The van der Waals surface area contributed by atoms with Crippen molar-refractivity contribution in [2.45, 2.75) is 6.61 Å². The van der Waals surface area contributed by atoms with Crippen LogP contribution in [0.25, 0.3) is 0 Å². The number of benzene rings is 3. The average molecular weight is 468 g/mol. The van der Waals surface area contributed by atoms with E-state index in [4.69, 9.17) is 25.8 Å². The maximum absolute atomic E-state index is 12.2. The summed E-state index contributed by atoms with van der Waals surface area (Å²) in [5.41, 5.74) is 4.15. The minimum Gasteiger partial charge on any atom is -0.497 e. The number of halogens is 1. The summed E-state index contributed by atoms with van der Waals surface area (Å²) < 4.78 is 16.0. The van der Waals surface area contributed by atoms with E-state index in [1.54, 1.807) is 48.5 Å². The molecule has 0 unspecified atom stereocenters. The van der Waals surface area contributed by atoms with Crippen LogP contribution < -0.4 is 25.0 Å². The number of ether oxygens (including phenoxy) is 3. The Morgan fingerprint density at radius 3 is 2.39 bits per heavy atom. The Morgan fingerprint density at radius 2 is 1.70 bits per heavy atom. The highest BCUT2D eigenvalue weighted by Gasteiger charge is 2.16. The Kier molecular flexibility index (Phi) is 8.26. The zero-order valence-corrected chi connectivity index (χ0v) is 18.8. The van der Waals surface area contributed by atoms with Crippen molar-refractivity contribution < 1.29 is 23.8 Å². The molecule has 170 valence electrons. The average Bonchev–Trinajstić information content (AvgIpc) is 2.83. The Morgan fingerprint density at radius 1 is 0.939 bits per heavy atom. The molecule has 0 fully saturated rings. The van der Waals surface area contributed by atoms with Crippen molar-refractivity contribution in [1.82, 2.24) is 5.43 Å². The smallest absolute Gasteiger partial charge is 0.329 e. The van der Waals surface area contributed by atoms with E-state index in [0.717, 1.165) is 5.56 Å². The summed E-state index contributed by atoms with van der Waals surface area (Å²) >= 11 is 5.97. The summed E-state index contributed by atoms with van der Waals surface area (Å²) in [6, 6.07) is 19.4. The fraction of sp³-hybridized carbons (Fsp3) is 0.125. The van der Waals surface area contributed by atoms with Crippen molar-refractivity contribution in [3.05, 3.63) is 82.9 Å². The molecule has 0 saturated heterocycles.